The number of piperazine rings is 1. The van der Waals surface area contributed by atoms with Crippen LogP contribution in [0, 0.1) is 11.8 Å². The standard InChI is InChI=1S/C13H29N3/c1-5-13-10-16(7-6-15(13)4)9-12(8-14)11(2)3/h11-13H,5-10,14H2,1-4H3. The van der Waals surface area contributed by atoms with Crippen LogP contribution in [0.1, 0.15) is 27.2 Å². The van der Waals surface area contributed by atoms with E-state index in [2.05, 4.69) is 37.6 Å². The summed E-state index contributed by atoms with van der Waals surface area (Å²) in [4.78, 5) is 5.09. The molecule has 0 aromatic heterocycles. The smallest absolute Gasteiger partial charge is 0.0218 e. The first-order chi connectivity index (χ1) is 7.58. The van der Waals surface area contributed by atoms with E-state index in [9.17, 15) is 0 Å². The van der Waals surface area contributed by atoms with Gasteiger partial charge in [-0.05, 0) is 31.8 Å². The minimum Gasteiger partial charge on any atom is -0.330 e. The largest absolute Gasteiger partial charge is 0.330 e. The van der Waals surface area contributed by atoms with E-state index in [1.807, 2.05) is 0 Å². The fraction of sp³-hybridized carbons (Fsp3) is 1.00. The van der Waals surface area contributed by atoms with Gasteiger partial charge in [-0.3, -0.25) is 0 Å². The van der Waals surface area contributed by atoms with Gasteiger partial charge in [0.2, 0.25) is 0 Å². The van der Waals surface area contributed by atoms with E-state index < -0.39 is 0 Å². The molecule has 0 bridgehead atoms. The van der Waals surface area contributed by atoms with E-state index in [4.69, 9.17) is 5.73 Å². The van der Waals surface area contributed by atoms with Gasteiger partial charge in [0.05, 0.1) is 0 Å². The predicted octanol–water partition coefficient (Wildman–Crippen LogP) is 1.24. The molecule has 0 spiro atoms. The van der Waals surface area contributed by atoms with Crippen molar-refractivity contribution in [3.05, 3.63) is 0 Å². The summed E-state index contributed by atoms with van der Waals surface area (Å²) in [6.45, 7) is 12.5. The molecule has 0 aromatic carbocycles. The second kappa shape index (κ2) is 6.58. The van der Waals surface area contributed by atoms with Crippen molar-refractivity contribution in [2.45, 2.75) is 33.2 Å². The van der Waals surface area contributed by atoms with E-state index in [1.54, 1.807) is 0 Å². The van der Waals surface area contributed by atoms with Crippen LogP contribution < -0.4 is 5.73 Å². The zero-order valence-electron chi connectivity index (χ0n) is 11.4. The summed E-state index contributed by atoms with van der Waals surface area (Å²) in [6, 6.07) is 0.735. The van der Waals surface area contributed by atoms with Crippen LogP contribution >= 0.6 is 0 Å². The quantitative estimate of drug-likeness (QED) is 0.767. The van der Waals surface area contributed by atoms with Crippen molar-refractivity contribution < 1.29 is 0 Å². The van der Waals surface area contributed by atoms with Crippen LogP contribution in [0.25, 0.3) is 0 Å². The molecule has 2 atom stereocenters. The minimum atomic E-state index is 0.654. The van der Waals surface area contributed by atoms with Crippen LogP contribution in [-0.4, -0.2) is 55.6 Å². The first-order valence-corrected chi connectivity index (χ1v) is 6.71. The molecule has 0 amide bonds. The summed E-state index contributed by atoms with van der Waals surface area (Å²) in [6.07, 6.45) is 1.25. The van der Waals surface area contributed by atoms with Gasteiger partial charge < -0.3 is 15.5 Å². The molecule has 0 aromatic rings. The highest BCUT2D eigenvalue weighted by Crippen LogP contribution is 2.16. The fourth-order valence-electron chi connectivity index (χ4n) is 2.51. The number of nitrogens with two attached hydrogens (primary N) is 1. The van der Waals surface area contributed by atoms with Crippen LogP contribution in [0.15, 0.2) is 0 Å². The van der Waals surface area contributed by atoms with E-state index in [1.165, 1.54) is 32.6 Å². The van der Waals surface area contributed by atoms with Crippen molar-refractivity contribution in [3.63, 3.8) is 0 Å². The number of nitrogens with zero attached hydrogens (tertiary/aromatic N) is 2. The Hall–Kier alpha value is -0.120. The second-order valence-electron chi connectivity index (χ2n) is 5.54. The molecule has 2 N–H and O–H groups in total. The molecule has 3 nitrogen and oxygen atoms in total. The van der Waals surface area contributed by atoms with Gasteiger partial charge in [-0.25, -0.2) is 0 Å². The average Bonchev–Trinajstić information content (AvgIpc) is 2.27. The highest BCUT2D eigenvalue weighted by atomic mass is 15.3. The van der Waals surface area contributed by atoms with Crippen molar-refractivity contribution in [2.24, 2.45) is 17.6 Å². The summed E-state index contributed by atoms with van der Waals surface area (Å²) in [5.41, 5.74) is 5.85. The lowest BCUT2D eigenvalue weighted by atomic mass is 9.94. The zero-order valence-corrected chi connectivity index (χ0v) is 11.4. The maximum atomic E-state index is 5.85. The van der Waals surface area contributed by atoms with Crippen molar-refractivity contribution in [2.75, 3.05) is 39.8 Å². The molecule has 96 valence electrons. The maximum Gasteiger partial charge on any atom is 0.0218 e. The summed E-state index contributed by atoms with van der Waals surface area (Å²) >= 11 is 0. The molecule has 3 heteroatoms. The summed E-state index contributed by atoms with van der Waals surface area (Å²) < 4.78 is 0. The van der Waals surface area contributed by atoms with E-state index in [-0.39, 0.29) is 0 Å². The Balaban J connectivity index is 2.43. The molecule has 1 aliphatic heterocycles. The summed E-state index contributed by atoms with van der Waals surface area (Å²) in [5.74, 6) is 1.35. The Morgan fingerprint density at radius 3 is 2.50 bits per heavy atom. The van der Waals surface area contributed by atoms with Crippen LogP contribution in [0.5, 0.6) is 0 Å². The molecule has 16 heavy (non-hydrogen) atoms. The molecular weight excluding hydrogens is 198 g/mol. The fourth-order valence-corrected chi connectivity index (χ4v) is 2.51. The van der Waals surface area contributed by atoms with Gasteiger partial charge in [0, 0.05) is 32.2 Å². The first-order valence-electron chi connectivity index (χ1n) is 6.71. The topological polar surface area (TPSA) is 32.5 Å². The van der Waals surface area contributed by atoms with Gasteiger partial charge in [0.15, 0.2) is 0 Å². The molecule has 2 unspecified atom stereocenters. The molecule has 0 aliphatic carbocycles. The molecule has 1 fully saturated rings. The third-order valence-corrected chi connectivity index (χ3v) is 4.07. The summed E-state index contributed by atoms with van der Waals surface area (Å²) in [7, 11) is 2.24. The SMILES string of the molecule is CCC1CN(CC(CN)C(C)C)CCN1C. The van der Waals surface area contributed by atoms with E-state index in [0.29, 0.717) is 11.8 Å². The Bertz CT molecular complexity index is 194. The Kier molecular flexibility index (Phi) is 5.73. The molecule has 1 heterocycles. The van der Waals surface area contributed by atoms with Gasteiger partial charge in [-0.15, -0.1) is 0 Å². The molecule has 1 rings (SSSR count). The van der Waals surface area contributed by atoms with Gasteiger partial charge >= 0.3 is 0 Å². The Morgan fingerprint density at radius 1 is 1.31 bits per heavy atom. The van der Waals surface area contributed by atoms with Gasteiger partial charge in [-0.1, -0.05) is 20.8 Å². The first kappa shape index (κ1) is 13.9. The minimum absolute atomic E-state index is 0.654. The highest BCUT2D eigenvalue weighted by molar-refractivity contribution is 4.81. The van der Waals surface area contributed by atoms with Crippen LogP contribution in [0.4, 0.5) is 0 Å². The maximum absolute atomic E-state index is 5.85. The van der Waals surface area contributed by atoms with Gasteiger partial charge in [0.25, 0.3) is 0 Å². The van der Waals surface area contributed by atoms with E-state index >= 15 is 0 Å². The summed E-state index contributed by atoms with van der Waals surface area (Å²) in [5, 5.41) is 0. The van der Waals surface area contributed by atoms with Crippen LogP contribution in [0.2, 0.25) is 0 Å². The Morgan fingerprint density at radius 2 is 2.00 bits per heavy atom. The van der Waals surface area contributed by atoms with Gasteiger partial charge in [0.1, 0.15) is 0 Å². The lowest BCUT2D eigenvalue weighted by molar-refractivity contribution is 0.0763. The van der Waals surface area contributed by atoms with Crippen molar-refractivity contribution in [1.82, 2.24) is 9.80 Å². The lowest BCUT2D eigenvalue weighted by Crippen LogP contribution is -2.52. The highest BCUT2D eigenvalue weighted by Gasteiger charge is 2.25. The van der Waals surface area contributed by atoms with Gasteiger partial charge in [-0.2, -0.15) is 0 Å². The average molecular weight is 227 g/mol. The Labute approximate surface area is 101 Å². The predicted molar refractivity (Wildman–Crippen MR) is 70.5 cm³/mol. The number of hydrogen-bond donors (Lipinski definition) is 1. The number of hydrogen-bond acceptors (Lipinski definition) is 3. The second-order valence-corrected chi connectivity index (χ2v) is 5.54. The lowest BCUT2D eigenvalue weighted by Gasteiger charge is -2.40. The monoisotopic (exact) mass is 227 g/mol. The van der Waals surface area contributed by atoms with Crippen LogP contribution in [-0.2, 0) is 0 Å². The van der Waals surface area contributed by atoms with Crippen molar-refractivity contribution in [1.29, 1.82) is 0 Å². The normalized spacial score (nSPS) is 26.2. The third kappa shape index (κ3) is 3.72. The third-order valence-electron chi connectivity index (χ3n) is 4.07. The number of likely N-dealkylation sites (N-methyl/N-ethyl adjacent to an activating group) is 1. The molecule has 0 saturated carbocycles. The molecule has 1 saturated heterocycles. The van der Waals surface area contributed by atoms with Crippen molar-refractivity contribution >= 4 is 0 Å². The number of rotatable bonds is 5. The van der Waals surface area contributed by atoms with Crippen LogP contribution in [0.3, 0.4) is 0 Å². The molecule has 1 aliphatic rings. The zero-order chi connectivity index (χ0) is 12.1. The molecular formula is C13H29N3. The molecule has 0 radical (unpaired) electrons. The van der Waals surface area contributed by atoms with E-state index in [0.717, 1.165) is 12.6 Å². The van der Waals surface area contributed by atoms with Crippen molar-refractivity contribution in [3.8, 4) is 0 Å².